The molecule has 0 rings (SSSR count). The molecule has 5 atom stereocenters. The molecule has 7 heteroatoms. The van der Waals surface area contributed by atoms with Gasteiger partial charge in [0, 0.05) is 6.08 Å². The van der Waals surface area contributed by atoms with E-state index in [-0.39, 0.29) is 37.1 Å². The Morgan fingerprint density at radius 1 is 0.800 bits per heavy atom. The van der Waals surface area contributed by atoms with Gasteiger partial charge in [0.15, 0.2) is 0 Å². The molecule has 0 aliphatic heterocycles. The lowest BCUT2D eigenvalue weighted by atomic mass is 10.3. The smallest absolute Gasteiger partial charge is 0.330 e. The SMILES string of the molecule is C=CC(=O)OC(C)COC(C)COC(C)COC(C)COC(C)CO. The second-order valence-electron chi connectivity index (χ2n) is 6.21. The zero-order valence-electron chi connectivity index (χ0n) is 16.1. The molecule has 0 heterocycles. The average molecular weight is 362 g/mol. The molecule has 5 unspecified atom stereocenters. The van der Waals surface area contributed by atoms with Gasteiger partial charge in [0.1, 0.15) is 6.10 Å². The number of aliphatic hydroxyl groups is 1. The van der Waals surface area contributed by atoms with Gasteiger partial charge in [-0.15, -0.1) is 0 Å². The molecule has 0 aromatic carbocycles. The maximum absolute atomic E-state index is 11.1. The van der Waals surface area contributed by atoms with Gasteiger partial charge in [0.05, 0.1) is 57.5 Å². The zero-order chi connectivity index (χ0) is 19.2. The third kappa shape index (κ3) is 13.9. The van der Waals surface area contributed by atoms with Crippen LogP contribution in [0.5, 0.6) is 0 Å². The van der Waals surface area contributed by atoms with Crippen molar-refractivity contribution < 1.29 is 33.6 Å². The number of hydrogen-bond acceptors (Lipinski definition) is 7. The minimum Gasteiger partial charge on any atom is -0.457 e. The standard InChI is InChI=1S/C18H34O7/c1-7-18(20)25-17(6)12-24-16(5)11-23-15(4)10-22-14(3)9-21-13(2)8-19/h7,13-17,19H,1,8-12H2,2-6H3. The third-order valence-electron chi connectivity index (χ3n) is 3.20. The molecule has 0 saturated carbocycles. The van der Waals surface area contributed by atoms with E-state index >= 15 is 0 Å². The Kier molecular flexibility index (Phi) is 13.6. The number of carbonyl (C=O) groups excluding carboxylic acids is 1. The van der Waals surface area contributed by atoms with Gasteiger partial charge in [-0.25, -0.2) is 4.79 Å². The molecule has 0 saturated heterocycles. The number of ether oxygens (including phenoxy) is 5. The van der Waals surface area contributed by atoms with E-state index in [0.29, 0.717) is 26.4 Å². The van der Waals surface area contributed by atoms with Crippen LogP contribution in [-0.2, 0) is 28.5 Å². The van der Waals surface area contributed by atoms with Crippen molar-refractivity contribution >= 4 is 5.97 Å². The van der Waals surface area contributed by atoms with Crippen molar-refractivity contribution in [2.75, 3.05) is 33.0 Å². The molecule has 0 spiro atoms. The van der Waals surface area contributed by atoms with Crippen LogP contribution in [0.25, 0.3) is 0 Å². The van der Waals surface area contributed by atoms with Gasteiger partial charge in [0.2, 0.25) is 0 Å². The maximum atomic E-state index is 11.1. The van der Waals surface area contributed by atoms with Crippen LogP contribution in [0.4, 0.5) is 0 Å². The summed E-state index contributed by atoms with van der Waals surface area (Å²) in [5, 5.41) is 8.89. The van der Waals surface area contributed by atoms with E-state index in [9.17, 15) is 4.79 Å². The summed E-state index contributed by atoms with van der Waals surface area (Å²) in [6, 6.07) is 0. The van der Waals surface area contributed by atoms with Crippen molar-refractivity contribution in [3.63, 3.8) is 0 Å². The molecular formula is C18H34O7. The summed E-state index contributed by atoms with van der Waals surface area (Å²) in [5.74, 6) is -0.461. The lowest BCUT2D eigenvalue weighted by molar-refractivity contribution is -0.147. The lowest BCUT2D eigenvalue weighted by Crippen LogP contribution is -2.29. The summed E-state index contributed by atoms with van der Waals surface area (Å²) in [4.78, 5) is 11.1. The molecule has 7 nitrogen and oxygen atoms in total. The van der Waals surface area contributed by atoms with E-state index in [1.807, 2.05) is 20.8 Å². The molecule has 0 fully saturated rings. The van der Waals surface area contributed by atoms with Crippen LogP contribution < -0.4 is 0 Å². The van der Waals surface area contributed by atoms with Gasteiger partial charge >= 0.3 is 5.97 Å². The van der Waals surface area contributed by atoms with Crippen molar-refractivity contribution in [3.05, 3.63) is 12.7 Å². The lowest BCUT2D eigenvalue weighted by Gasteiger charge is -2.21. The van der Waals surface area contributed by atoms with Crippen LogP contribution in [0, 0.1) is 0 Å². The van der Waals surface area contributed by atoms with Crippen LogP contribution in [0.1, 0.15) is 34.6 Å². The highest BCUT2D eigenvalue weighted by Crippen LogP contribution is 2.03. The first-order valence-corrected chi connectivity index (χ1v) is 8.68. The fraction of sp³-hybridized carbons (Fsp3) is 0.833. The van der Waals surface area contributed by atoms with E-state index in [1.165, 1.54) is 0 Å². The maximum Gasteiger partial charge on any atom is 0.330 e. The Bertz CT molecular complexity index is 361. The third-order valence-corrected chi connectivity index (χ3v) is 3.20. The van der Waals surface area contributed by atoms with Gasteiger partial charge < -0.3 is 28.8 Å². The summed E-state index contributed by atoms with van der Waals surface area (Å²) in [6.07, 6.45) is 0.315. The summed E-state index contributed by atoms with van der Waals surface area (Å²) in [6.45, 7) is 14.2. The molecule has 0 aromatic heterocycles. The highest BCUT2D eigenvalue weighted by atomic mass is 16.6. The minimum absolute atomic E-state index is 0.00444. The second-order valence-corrected chi connectivity index (χ2v) is 6.21. The van der Waals surface area contributed by atoms with Gasteiger partial charge in [-0.3, -0.25) is 0 Å². The molecule has 25 heavy (non-hydrogen) atoms. The molecular weight excluding hydrogens is 328 g/mol. The van der Waals surface area contributed by atoms with Crippen molar-refractivity contribution in [2.24, 2.45) is 0 Å². The van der Waals surface area contributed by atoms with E-state index in [1.54, 1.807) is 13.8 Å². The summed E-state index contributed by atoms with van der Waals surface area (Å²) < 4.78 is 27.3. The van der Waals surface area contributed by atoms with Crippen LogP contribution in [-0.4, -0.2) is 74.6 Å². The highest BCUT2D eigenvalue weighted by molar-refractivity contribution is 5.81. The van der Waals surface area contributed by atoms with Crippen LogP contribution in [0.15, 0.2) is 12.7 Å². The van der Waals surface area contributed by atoms with Crippen LogP contribution in [0.2, 0.25) is 0 Å². The van der Waals surface area contributed by atoms with E-state index < -0.39 is 5.97 Å². The first kappa shape index (κ1) is 24.0. The Morgan fingerprint density at radius 2 is 1.16 bits per heavy atom. The summed E-state index contributed by atoms with van der Waals surface area (Å²) >= 11 is 0. The molecule has 0 aliphatic rings. The zero-order valence-corrected chi connectivity index (χ0v) is 16.1. The van der Waals surface area contributed by atoms with E-state index in [0.717, 1.165) is 6.08 Å². The predicted octanol–water partition coefficient (Wildman–Crippen LogP) is 1.72. The molecule has 0 radical (unpaired) electrons. The van der Waals surface area contributed by atoms with E-state index in [2.05, 4.69) is 6.58 Å². The van der Waals surface area contributed by atoms with Crippen molar-refractivity contribution in [2.45, 2.75) is 65.1 Å². The van der Waals surface area contributed by atoms with Crippen LogP contribution >= 0.6 is 0 Å². The summed E-state index contributed by atoms with van der Waals surface area (Å²) in [5.41, 5.74) is 0. The fourth-order valence-corrected chi connectivity index (χ4v) is 1.68. The number of hydrogen-bond donors (Lipinski definition) is 1. The van der Waals surface area contributed by atoms with Gasteiger partial charge in [-0.1, -0.05) is 6.58 Å². The normalized spacial score (nSPS) is 17.4. The van der Waals surface area contributed by atoms with Gasteiger partial charge in [0.25, 0.3) is 0 Å². The largest absolute Gasteiger partial charge is 0.457 e. The first-order valence-electron chi connectivity index (χ1n) is 8.68. The molecule has 1 N–H and O–H groups in total. The number of rotatable bonds is 15. The second kappa shape index (κ2) is 14.2. The van der Waals surface area contributed by atoms with Crippen LogP contribution in [0.3, 0.4) is 0 Å². The summed E-state index contributed by atoms with van der Waals surface area (Å²) in [7, 11) is 0. The van der Waals surface area contributed by atoms with E-state index in [4.69, 9.17) is 28.8 Å². The predicted molar refractivity (Wildman–Crippen MR) is 94.5 cm³/mol. The fourth-order valence-electron chi connectivity index (χ4n) is 1.68. The molecule has 148 valence electrons. The molecule has 0 bridgehead atoms. The Hall–Kier alpha value is -0.990. The molecule has 0 aromatic rings. The van der Waals surface area contributed by atoms with Crippen molar-refractivity contribution in [1.29, 1.82) is 0 Å². The quantitative estimate of drug-likeness (QED) is 0.351. The Balaban J connectivity index is 3.77. The molecule has 0 amide bonds. The minimum atomic E-state index is -0.461. The monoisotopic (exact) mass is 362 g/mol. The van der Waals surface area contributed by atoms with Gasteiger partial charge in [-0.2, -0.15) is 0 Å². The number of aliphatic hydroxyl groups excluding tert-OH is 1. The number of carbonyl (C=O) groups is 1. The van der Waals surface area contributed by atoms with Gasteiger partial charge in [-0.05, 0) is 34.6 Å². The Morgan fingerprint density at radius 3 is 1.52 bits per heavy atom. The topological polar surface area (TPSA) is 83.5 Å². The Labute approximate surface area is 151 Å². The molecule has 0 aliphatic carbocycles. The van der Waals surface area contributed by atoms with Crippen molar-refractivity contribution in [3.8, 4) is 0 Å². The first-order chi connectivity index (χ1) is 11.8. The average Bonchev–Trinajstić information content (AvgIpc) is 2.60. The number of esters is 1. The van der Waals surface area contributed by atoms with Crippen molar-refractivity contribution in [1.82, 2.24) is 0 Å². The highest BCUT2D eigenvalue weighted by Gasteiger charge is 2.13.